The van der Waals surface area contributed by atoms with Gasteiger partial charge in [0, 0.05) is 12.0 Å². The zero-order chi connectivity index (χ0) is 12.5. The maximum atomic E-state index is 11.1. The number of hydrogen-bond acceptors (Lipinski definition) is 4. The highest BCUT2D eigenvalue weighted by Gasteiger charge is 2.26. The summed E-state index contributed by atoms with van der Waals surface area (Å²) in [5, 5.41) is 9.99. The summed E-state index contributed by atoms with van der Waals surface area (Å²) in [5.41, 5.74) is 0.455. The fourth-order valence-electron chi connectivity index (χ4n) is 1.36. The molecule has 0 aliphatic rings. The fourth-order valence-corrected chi connectivity index (χ4v) is 2.59. The van der Waals surface area contributed by atoms with E-state index in [-0.39, 0.29) is 5.41 Å². The molecule has 0 saturated carbocycles. The van der Waals surface area contributed by atoms with Gasteiger partial charge in [-0.15, -0.1) is 11.3 Å². The highest BCUT2D eigenvalue weighted by Crippen LogP contribution is 2.29. The Labute approximate surface area is 99.9 Å². The monoisotopic (exact) mass is 242 g/mol. The zero-order valence-electron chi connectivity index (χ0n) is 10.4. The molecule has 90 valence electrons. The largest absolute Gasteiger partial charge is 0.477 e. The van der Waals surface area contributed by atoms with Crippen molar-refractivity contribution in [2.45, 2.75) is 32.7 Å². The second-order valence-corrected chi connectivity index (χ2v) is 6.16. The van der Waals surface area contributed by atoms with E-state index in [4.69, 9.17) is 5.11 Å². The van der Waals surface area contributed by atoms with Crippen LogP contribution in [0, 0.1) is 0 Å². The van der Waals surface area contributed by atoms with Gasteiger partial charge >= 0.3 is 5.97 Å². The molecular formula is C11H18N2O2S. The van der Waals surface area contributed by atoms with Crippen molar-refractivity contribution < 1.29 is 9.90 Å². The van der Waals surface area contributed by atoms with Crippen molar-refractivity contribution in [3.05, 3.63) is 15.6 Å². The molecule has 1 heterocycles. The number of aromatic nitrogens is 1. The summed E-state index contributed by atoms with van der Waals surface area (Å²) in [6, 6.07) is 0. The molecule has 1 aromatic rings. The topological polar surface area (TPSA) is 53.4 Å². The van der Waals surface area contributed by atoms with Crippen LogP contribution in [0.15, 0.2) is 0 Å². The van der Waals surface area contributed by atoms with E-state index in [9.17, 15) is 4.79 Å². The van der Waals surface area contributed by atoms with Crippen LogP contribution in [0.25, 0.3) is 0 Å². The lowest BCUT2D eigenvalue weighted by molar-refractivity contribution is 0.0699. The molecule has 0 radical (unpaired) electrons. The van der Waals surface area contributed by atoms with Crippen LogP contribution in [0.2, 0.25) is 0 Å². The van der Waals surface area contributed by atoms with Crippen LogP contribution in [0.3, 0.4) is 0 Å². The summed E-state index contributed by atoms with van der Waals surface area (Å²) < 4.78 is 0. The molecule has 0 atom stereocenters. The first kappa shape index (κ1) is 13.1. The normalized spacial score (nSPS) is 12.1. The van der Waals surface area contributed by atoms with Gasteiger partial charge in [-0.3, -0.25) is 0 Å². The first-order chi connectivity index (χ1) is 7.21. The van der Waals surface area contributed by atoms with Gasteiger partial charge in [-0.1, -0.05) is 20.8 Å². The van der Waals surface area contributed by atoms with Crippen molar-refractivity contribution in [1.29, 1.82) is 0 Å². The molecule has 0 amide bonds. The lowest BCUT2D eigenvalue weighted by atomic mass is 9.91. The van der Waals surface area contributed by atoms with Gasteiger partial charge in [0.25, 0.3) is 0 Å². The van der Waals surface area contributed by atoms with Crippen molar-refractivity contribution in [1.82, 2.24) is 9.88 Å². The van der Waals surface area contributed by atoms with Crippen LogP contribution in [-0.2, 0) is 12.0 Å². The highest BCUT2D eigenvalue weighted by atomic mass is 32.1. The minimum atomic E-state index is -0.882. The number of hydrogen-bond donors (Lipinski definition) is 1. The summed E-state index contributed by atoms with van der Waals surface area (Å²) in [7, 11) is 3.89. The Kier molecular flexibility index (Phi) is 3.70. The first-order valence-corrected chi connectivity index (χ1v) is 5.91. The molecule has 0 bridgehead atoms. The van der Waals surface area contributed by atoms with Gasteiger partial charge in [0.2, 0.25) is 0 Å². The third-order valence-electron chi connectivity index (χ3n) is 2.03. The number of nitrogens with zero attached hydrogens (tertiary/aromatic N) is 2. The minimum absolute atomic E-state index is 0.227. The SMILES string of the molecule is CN(C)Cc1nc(C(C)(C)C)c(C(=O)O)s1. The molecule has 0 aliphatic heterocycles. The van der Waals surface area contributed by atoms with E-state index < -0.39 is 5.97 Å². The molecule has 0 spiro atoms. The Hall–Kier alpha value is -0.940. The van der Waals surface area contributed by atoms with E-state index in [1.54, 1.807) is 0 Å². The van der Waals surface area contributed by atoms with Crippen molar-refractivity contribution in [3.63, 3.8) is 0 Å². The summed E-state index contributed by atoms with van der Waals surface area (Å²) in [4.78, 5) is 17.9. The Morgan fingerprint density at radius 1 is 1.44 bits per heavy atom. The van der Waals surface area contributed by atoms with Crippen molar-refractivity contribution in [2.24, 2.45) is 0 Å². The van der Waals surface area contributed by atoms with Crippen LogP contribution < -0.4 is 0 Å². The van der Waals surface area contributed by atoms with E-state index >= 15 is 0 Å². The third kappa shape index (κ3) is 3.02. The van der Waals surface area contributed by atoms with Gasteiger partial charge in [-0.25, -0.2) is 9.78 Å². The smallest absolute Gasteiger partial charge is 0.347 e. The summed E-state index contributed by atoms with van der Waals surface area (Å²) >= 11 is 1.27. The molecule has 0 aromatic carbocycles. The molecule has 1 rings (SSSR count). The van der Waals surface area contributed by atoms with Crippen molar-refractivity contribution in [2.75, 3.05) is 14.1 Å². The van der Waals surface area contributed by atoms with Gasteiger partial charge in [0.1, 0.15) is 9.88 Å². The van der Waals surface area contributed by atoms with Crippen molar-refractivity contribution in [3.8, 4) is 0 Å². The third-order valence-corrected chi connectivity index (χ3v) is 3.06. The van der Waals surface area contributed by atoms with E-state index in [0.29, 0.717) is 17.1 Å². The molecule has 0 saturated heterocycles. The molecule has 1 aromatic heterocycles. The molecular weight excluding hydrogens is 224 g/mol. The highest BCUT2D eigenvalue weighted by molar-refractivity contribution is 7.13. The predicted octanol–water partition coefficient (Wildman–Crippen LogP) is 2.20. The minimum Gasteiger partial charge on any atom is -0.477 e. The number of carboxylic acid groups (broad SMARTS) is 1. The lowest BCUT2D eigenvalue weighted by Gasteiger charge is -2.16. The fraction of sp³-hybridized carbons (Fsp3) is 0.636. The molecule has 0 aliphatic carbocycles. The van der Waals surface area contributed by atoms with Crippen LogP contribution >= 0.6 is 11.3 Å². The maximum absolute atomic E-state index is 11.1. The van der Waals surface area contributed by atoms with Crippen LogP contribution in [-0.4, -0.2) is 35.1 Å². The molecule has 16 heavy (non-hydrogen) atoms. The first-order valence-electron chi connectivity index (χ1n) is 5.10. The Bertz CT molecular complexity index is 391. The van der Waals surface area contributed by atoms with E-state index in [2.05, 4.69) is 4.98 Å². The van der Waals surface area contributed by atoms with Crippen molar-refractivity contribution >= 4 is 17.3 Å². The average Bonchev–Trinajstić information content (AvgIpc) is 2.45. The van der Waals surface area contributed by atoms with Crippen LogP contribution in [0.5, 0.6) is 0 Å². The van der Waals surface area contributed by atoms with Crippen LogP contribution in [0.1, 0.15) is 41.1 Å². The Balaban J connectivity index is 3.16. The lowest BCUT2D eigenvalue weighted by Crippen LogP contribution is -2.16. The zero-order valence-corrected chi connectivity index (χ0v) is 11.2. The standard InChI is InChI=1S/C11H18N2O2S/c1-11(2,3)9-8(10(14)15)16-7(12-9)6-13(4)5/h6H2,1-5H3,(H,14,15). The summed E-state index contributed by atoms with van der Waals surface area (Å²) in [6.07, 6.45) is 0. The molecule has 0 unspecified atom stereocenters. The van der Waals surface area contributed by atoms with Gasteiger partial charge in [-0.2, -0.15) is 0 Å². The Morgan fingerprint density at radius 2 is 2.00 bits per heavy atom. The summed E-state index contributed by atoms with van der Waals surface area (Å²) in [5.74, 6) is -0.882. The average molecular weight is 242 g/mol. The van der Waals surface area contributed by atoms with E-state index in [1.165, 1.54) is 11.3 Å². The second-order valence-electron chi connectivity index (χ2n) is 5.08. The van der Waals surface area contributed by atoms with Gasteiger partial charge in [0.15, 0.2) is 0 Å². The van der Waals surface area contributed by atoms with Crippen LogP contribution in [0.4, 0.5) is 0 Å². The number of thiazole rings is 1. The molecule has 1 N–H and O–H groups in total. The summed E-state index contributed by atoms with van der Waals surface area (Å²) in [6.45, 7) is 6.62. The number of rotatable bonds is 3. The Morgan fingerprint density at radius 3 is 2.31 bits per heavy atom. The predicted molar refractivity (Wildman–Crippen MR) is 65.2 cm³/mol. The van der Waals surface area contributed by atoms with Gasteiger partial charge in [0.05, 0.1) is 5.69 Å². The quantitative estimate of drug-likeness (QED) is 0.883. The van der Waals surface area contributed by atoms with Gasteiger partial charge in [-0.05, 0) is 14.1 Å². The van der Waals surface area contributed by atoms with E-state index in [1.807, 2.05) is 39.8 Å². The maximum Gasteiger partial charge on any atom is 0.347 e. The second kappa shape index (κ2) is 4.51. The molecule has 0 fully saturated rings. The number of aromatic carboxylic acids is 1. The number of carbonyl (C=O) groups is 1. The van der Waals surface area contributed by atoms with E-state index in [0.717, 1.165) is 5.01 Å². The van der Waals surface area contributed by atoms with Gasteiger partial charge < -0.3 is 10.0 Å². The number of carboxylic acids is 1. The molecule has 4 nitrogen and oxygen atoms in total. The molecule has 5 heteroatoms.